The van der Waals surface area contributed by atoms with Crippen molar-refractivity contribution in [3.63, 3.8) is 0 Å². The number of ether oxygens (including phenoxy) is 1. The standard InChI is InChI=1S/C17H12N3O2Si/c18-16(21)14-10-19-17(23)20-15(14)11-6-8-13(9-7-11)22-12-4-2-1-3-5-12/h1-10H,(H2,18,21). The van der Waals surface area contributed by atoms with Gasteiger partial charge in [-0.3, -0.25) is 4.79 Å². The van der Waals surface area contributed by atoms with E-state index in [9.17, 15) is 4.79 Å². The van der Waals surface area contributed by atoms with Gasteiger partial charge < -0.3 is 10.5 Å². The lowest BCUT2D eigenvalue weighted by molar-refractivity contribution is 0.100. The molecule has 0 fully saturated rings. The normalized spacial score (nSPS) is 10.3. The number of para-hydroxylation sites is 1. The van der Waals surface area contributed by atoms with Crippen LogP contribution in [0.25, 0.3) is 11.3 Å². The summed E-state index contributed by atoms with van der Waals surface area (Å²) in [4.78, 5) is 19.7. The zero-order chi connectivity index (χ0) is 16.2. The van der Waals surface area contributed by atoms with Gasteiger partial charge in [0.1, 0.15) is 21.7 Å². The summed E-state index contributed by atoms with van der Waals surface area (Å²) in [6, 6.07) is 16.7. The Morgan fingerprint density at radius 2 is 1.65 bits per heavy atom. The molecule has 0 unspecified atom stereocenters. The molecule has 5 nitrogen and oxygen atoms in total. The fourth-order valence-corrected chi connectivity index (χ4v) is 2.26. The molecule has 0 aliphatic carbocycles. The Labute approximate surface area is 136 Å². The third kappa shape index (κ3) is 3.43. The molecule has 3 rings (SSSR count). The predicted molar refractivity (Wildman–Crippen MR) is 87.9 cm³/mol. The van der Waals surface area contributed by atoms with Gasteiger partial charge in [0.05, 0.1) is 16.7 Å². The molecule has 111 valence electrons. The van der Waals surface area contributed by atoms with Gasteiger partial charge in [-0.25, -0.2) is 9.97 Å². The van der Waals surface area contributed by atoms with Gasteiger partial charge in [-0.05, 0) is 36.4 Å². The molecule has 0 spiro atoms. The zero-order valence-electron chi connectivity index (χ0n) is 12.1. The summed E-state index contributed by atoms with van der Waals surface area (Å²) in [6.45, 7) is 0. The molecular weight excluding hydrogens is 306 g/mol. The molecule has 1 aromatic heterocycles. The highest BCUT2D eigenvalue weighted by Gasteiger charge is 2.13. The monoisotopic (exact) mass is 318 g/mol. The van der Waals surface area contributed by atoms with Gasteiger partial charge in [-0.1, -0.05) is 18.2 Å². The maximum Gasteiger partial charge on any atom is 0.252 e. The minimum Gasteiger partial charge on any atom is -0.457 e. The van der Waals surface area contributed by atoms with E-state index in [-0.39, 0.29) is 5.56 Å². The molecule has 0 saturated carbocycles. The van der Waals surface area contributed by atoms with Crippen molar-refractivity contribution in [3.05, 3.63) is 66.4 Å². The molecule has 2 N–H and O–H groups in total. The second kappa shape index (κ2) is 6.41. The van der Waals surface area contributed by atoms with E-state index in [1.165, 1.54) is 6.20 Å². The smallest absolute Gasteiger partial charge is 0.252 e. The van der Waals surface area contributed by atoms with Crippen LogP contribution < -0.4 is 15.9 Å². The Bertz CT molecular complexity index is 836. The first-order valence-corrected chi connectivity index (χ1v) is 7.35. The van der Waals surface area contributed by atoms with Crippen LogP contribution in [0.4, 0.5) is 0 Å². The number of hydrogen-bond acceptors (Lipinski definition) is 4. The van der Waals surface area contributed by atoms with Crippen molar-refractivity contribution in [2.45, 2.75) is 0 Å². The van der Waals surface area contributed by atoms with Gasteiger partial charge in [0.25, 0.3) is 5.91 Å². The molecule has 3 aromatic rings. The quantitative estimate of drug-likeness (QED) is 0.744. The first-order chi connectivity index (χ1) is 11.1. The van der Waals surface area contributed by atoms with E-state index in [1.54, 1.807) is 0 Å². The van der Waals surface area contributed by atoms with Gasteiger partial charge in [-0.2, -0.15) is 0 Å². The number of nitrogens with zero attached hydrogens (tertiary/aromatic N) is 2. The molecule has 1 heterocycles. The van der Waals surface area contributed by atoms with E-state index in [2.05, 4.69) is 20.2 Å². The van der Waals surface area contributed by atoms with Gasteiger partial charge in [-0.15, -0.1) is 0 Å². The van der Waals surface area contributed by atoms with Crippen LogP contribution in [0, 0.1) is 0 Å². The van der Waals surface area contributed by atoms with Crippen molar-refractivity contribution in [3.8, 4) is 22.8 Å². The first-order valence-electron chi connectivity index (χ1n) is 6.85. The molecule has 1 amide bonds. The van der Waals surface area contributed by atoms with Gasteiger partial charge in [0, 0.05) is 11.8 Å². The molecular formula is C17H12N3O2Si. The number of carbonyl (C=O) groups excluding carboxylic acids is 1. The molecule has 0 bridgehead atoms. The van der Waals surface area contributed by atoms with Crippen molar-refractivity contribution in [1.29, 1.82) is 0 Å². The average Bonchev–Trinajstić information content (AvgIpc) is 2.56. The van der Waals surface area contributed by atoms with Crippen LogP contribution in [0.15, 0.2) is 60.8 Å². The summed E-state index contributed by atoms with van der Waals surface area (Å²) in [5.74, 6) is 0.868. The van der Waals surface area contributed by atoms with Crippen molar-refractivity contribution in [1.82, 2.24) is 9.97 Å². The fraction of sp³-hybridized carbons (Fsp3) is 0. The lowest BCUT2D eigenvalue weighted by Crippen LogP contribution is -2.20. The Kier molecular flexibility index (Phi) is 4.16. The Balaban J connectivity index is 1.91. The molecule has 3 radical (unpaired) electrons. The number of rotatable bonds is 4. The van der Waals surface area contributed by atoms with E-state index < -0.39 is 5.91 Å². The summed E-state index contributed by atoms with van der Waals surface area (Å²) in [5.41, 5.74) is 7.25. The molecule has 0 aliphatic rings. The van der Waals surface area contributed by atoms with Gasteiger partial charge >= 0.3 is 0 Å². The third-order valence-corrected chi connectivity index (χ3v) is 3.40. The van der Waals surface area contributed by atoms with E-state index in [1.807, 2.05) is 54.6 Å². The average molecular weight is 318 g/mol. The van der Waals surface area contributed by atoms with Gasteiger partial charge in [0.2, 0.25) is 0 Å². The number of benzene rings is 2. The minimum absolute atomic E-state index is 0.267. The SMILES string of the molecule is NC(=O)c1cnc([Si])nc1-c1ccc(Oc2ccccc2)cc1. The number of amides is 1. The Morgan fingerprint density at radius 3 is 2.30 bits per heavy atom. The lowest BCUT2D eigenvalue weighted by Gasteiger charge is -2.09. The number of carbonyl (C=O) groups is 1. The second-order valence-electron chi connectivity index (χ2n) is 4.76. The molecule has 23 heavy (non-hydrogen) atoms. The van der Waals surface area contributed by atoms with Crippen molar-refractivity contribution < 1.29 is 9.53 Å². The van der Waals surface area contributed by atoms with Crippen LogP contribution in [0.1, 0.15) is 10.4 Å². The second-order valence-corrected chi connectivity index (χ2v) is 5.21. The summed E-state index contributed by atoms with van der Waals surface area (Å²) >= 11 is 0. The van der Waals surface area contributed by atoms with Crippen molar-refractivity contribution in [2.24, 2.45) is 5.73 Å². The van der Waals surface area contributed by atoms with Crippen LogP contribution in [-0.2, 0) is 0 Å². The Morgan fingerprint density at radius 1 is 1.00 bits per heavy atom. The number of aromatic nitrogens is 2. The maximum absolute atomic E-state index is 11.5. The van der Waals surface area contributed by atoms with E-state index in [0.29, 0.717) is 16.9 Å². The third-order valence-electron chi connectivity index (χ3n) is 3.16. The Hall–Kier alpha value is -2.99. The topological polar surface area (TPSA) is 78.1 Å². The zero-order valence-corrected chi connectivity index (χ0v) is 13.1. The highest BCUT2D eigenvalue weighted by Crippen LogP contribution is 2.25. The summed E-state index contributed by atoms with van der Waals surface area (Å²) < 4.78 is 5.74. The number of primary amides is 1. The predicted octanol–water partition coefficient (Wildman–Crippen LogP) is 1.83. The fourth-order valence-electron chi connectivity index (χ4n) is 2.09. The lowest BCUT2D eigenvalue weighted by atomic mass is 10.1. The van der Waals surface area contributed by atoms with Crippen molar-refractivity contribution in [2.75, 3.05) is 0 Å². The van der Waals surface area contributed by atoms with Crippen LogP contribution in [0.3, 0.4) is 0 Å². The van der Waals surface area contributed by atoms with Crippen LogP contribution in [0.2, 0.25) is 0 Å². The van der Waals surface area contributed by atoms with Crippen molar-refractivity contribution >= 4 is 21.6 Å². The molecule has 0 saturated heterocycles. The summed E-state index contributed by atoms with van der Waals surface area (Å²) in [6.07, 6.45) is 1.40. The largest absolute Gasteiger partial charge is 0.457 e. The summed E-state index contributed by atoms with van der Waals surface area (Å²) in [7, 11) is 3.26. The van der Waals surface area contributed by atoms with Crippen LogP contribution >= 0.6 is 0 Å². The molecule has 0 atom stereocenters. The van der Waals surface area contributed by atoms with Crippen LogP contribution in [0.5, 0.6) is 11.5 Å². The molecule has 6 heteroatoms. The first kappa shape index (κ1) is 14.9. The van der Waals surface area contributed by atoms with Gasteiger partial charge in [0.15, 0.2) is 0 Å². The molecule has 0 aliphatic heterocycles. The van der Waals surface area contributed by atoms with Crippen LogP contribution in [-0.4, -0.2) is 26.1 Å². The number of nitrogens with two attached hydrogens (primary N) is 1. The van der Waals surface area contributed by atoms with E-state index in [0.717, 1.165) is 11.3 Å². The van der Waals surface area contributed by atoms with E-state index in [4.69, 9.17) is 10.5 Å². The maximum atomic E-state index is 11.5. The minimum atomic E-state index is -0.573. The molecule has 2 aromatic carbocycles. The highest BCUT2D eigenvalue weighted by atomic mass is 28.1. The van der Waals surface area contributed by atoms with E-state index >= 15 is 0 Å². The summed E-state index contributed by atoms with van der Waals surface area (Å²) in [5, 5.41) is 0. The number of hydrogen-bond donors (Lipinski definition) is 1. The highest BCUT2D eigenvalue weighted by molar-refractivity contribution is 6.29.